The predicted octanol–water partition coefficient (Wildman–Crippen LogP) is 6.32. The standard InChI is InChI=1S/C24H21N/c1-18-12-14-22-23(17-25-24(22)16-18)21(20-10-6-3-7-11-20)15-13-19-8-4-2-5-9-19/h2-17,21,25H,1H3/b15-13+/t21-/m1/s1. The number of nitrogens with one attached hydrogen (secondary N) is 1. The van der Waals surface area contributed by atoms with E-state index in [4.69, 9.17) is 0 Å². The number of hydrogen-bond donors (Lipinski definition) is 1. The molecular weight excluding hydrogens is 302 g/mol. The van der Waals surface area contributed by atoms with E-state index in [1.165, 1.54) is 33.2 Å². The molecule has 0 spiro atoms. The molecule has 3 aromatic carbocycles. The van der Waals surface area contributed by atoms with Gasteiger partial charge in [0.25, 0.3) is 0 Å². The highest BCUT2D eigenvalue weighted by Crippen LogP contribution is 2.32. The molecule has 0 aliphatic carbocycles. The second kappa shape index (κ2) is 6.82. The van der Waals surface area contributed by atoms with Crippen molar-refractivity contribution in [1.29, 1.82) is 0 Å². The molecule has 1 N–H and O–H groups in total. The maximum Gasteiger partial charge on any atom is 0.0459 e. The van der Waals surface area contributed by atoms with Crippen molar-refractivity contribution in [1.82, 2.24) is 4.98 Å². The fourth-order valence-electron chi connectivity index (χ4n) is 3.35. The zero-order valence-electron chi connectivity index (χ0n) is 14.3. The van der Waals surface area contributed by atoms with Gasteiger partial charge in [-0.25, -0.2) is 0 Å². The Morgan fingerprint density at radius 1 is 0.840 bits per heavy atom. The number of aromatic nitrogens is 1. The first-order valence-corrected chi connectivity index (χ1v) is 8.67. The Balaban J connectivity index is 1.81. The lowest BCUT2D eigenvalue weighted by Gasteiger charge is -2.13. The number of benzene rings is 3. The van der Waals surface area contributed by atoms with E-state index in [2.05, 4.69) is 103 Å². The van der Waals surface area contributed by atoms with Crippen LogP contribution in [0.25, 0.3) is 17.0 Å². The van der Waals surface area contributed by atoms with Gasteiger partial charge in [-0.2, -0.15) is 0 Å². The van der Waals surface area contributed by atoms with Gasteiger partial charge in [-0.1, -0.05) is 84.9 Å². The minimum absolute atomic E-state index is 0.220. The van der Waals surface area contributed by atoms with Gasteiger partial charge in [0.2, 0.25) is 0 Å². The maximum absolute atomic E-state index is 3.44. The normalized spacial score (nSPS) is 12.7. The molecule has 0 unspecified atom stereocenters. The van der Waals surface area contributed by atoms with E-state index >= 15 is 0 Å². The van der Waals surface area contributed by atoms with Crippen LogP contribution in [0.3, 0.4) is 0 Å². The van der Waals surface area contributed by atoms with Crippen LogP contribution in [0.1, 0.15) is 28.2 Å². The molecule has 0 aliphatic heterocycles. The van der Waals surface area contributed by atoms with Crippen LogP contribution >= 0.6 is 0 Å². The van der Waals surface area contributed by atoms with Crippen molar-refractivity contribution < 1.29 is 0 Å². The highest BCUT2D eigenvalue weighted by atomic mass is 14.7. The van der Waals surface area contributed by atoms with Crippen molar-refractivity contribution in [2.45, 2.75) is 12.8 Å². The maximum atomic E-state index is 3.44. The zero-order valence-corrected chi connectivity index (χ0v) is 14.3. The van der Waals surface area contributed by atoms with Gasteiger partial charge in [0.1, 0.15) is 0 Å². The average Bonchev–Trinajstić information content (AvgIpc) is 3.06. The number of fused-ring (bicyclic) bond motifs is 1. The van der Waals surface area contributed by atoms with Crippen LogP contribution in [0.2, 0.25) is 0 Å². The Labute approximate surface area is 148 Å². The Hall–Kier alpha value is -3.06. The van der Waals surface area contributed by atoms with Crippen LogP contribution in [-0.2, 0) is 0 Å². The number of allylic oxidation sites excluding steroid dienone is 1. The SMILES string of the molecule is Cc1ccc2c([C@H](/C=C/c3ccccc3)c3ccccc3)c[nH]c2c1. The third-order valence-electron chi connectivity index (χ3n) is 4.64. The molecule has 1 heterocycles. The molecule has 0 amide bonds. The average molecular weight is 323 g/mol. The highest BCUT2D eigenvalue weighted by molar-refractivity contribution is 5.85. The number of H-pyrrole nitrogens is 1. The van der Waals surface area contributed by atoms with Crippen LogP contribution in [0.5, 0.6) is 0 Å². The van der Waals surface area contributed by atoms with Gasteiger partial charge in [-0.15, -0.1) is 0 Å². The van der Waals surface area contributed by atoms with Gasteiger partial charge in [0.15, 0.2) is 0 Å². The number of aryl methyl sites for hydroxylation is 1. The summed E-state index contributed by atoms with van der Waals surface area (Å²) < 4.78 is 0. The second-order valence-corrected chi connectivity index (χ2v) is 6.45. The molecule has 0 saturated carbocycles. The van der Waals surface area contributed by atoms with Gasteiger partial charge in [0, 0.05) is 23.0 Å². The minimum Gasteiger partial charge on any atom is -0.361 e. The summed E-state index contributed by atoms with van der Waals surface area (Å²) >= 11 is 0. The van der Waals surface area contributed by atoms with Crippen molar-refractivity contribution in [2.24, 2.45) is 0 Å². The van der Waals surface area contributed by atoms with Crippen LogP contribution in [0.15, 0.2) is 91.1 Å². The van der Waals surface area contributed by atoms with Crippen molar-refractivity contribution in [3.8, 4) is 0 Å². The molecule has 0 fully saturated rings. The van der Waals surface area contributed by atoms with Crippen LogP contribution in [-0.4, -0.2) is 4.98 Å². The molecule has 1 aromatic heterocycles. The van der Waals surface area contributed by atoms with E-state index in [0.29, 0.717) is 0 Å². The summed E-state index contributed by atoms with van der Waals surface area (Å²) in [6.07, 6.45) is 6.66. The molecule has 0 aliphatic rings. The van der Waals surface area contributed by atoms with Crippen LogP contribution in [0, 0.1) is 6.92 Å². The van der Waals surface area contributed by atoms with Crippen LogP contribution < -0.4 is 0 Å². The Morgan fingerprint density at radius 2 is 1.56 bits per heavy atom. The fourth-order valence-corrected chi connectivity index (χ4v) is 3.35. The van der Waals surface area contributed by atoms with Crippen molar-refractivity contribution >= 4 is 17.0 Å². The molecule has 4 aromatic rings. The lowest BCUT2D eigenvalue weighted by Crippen LogP contribution is -1.96. The molecule has 4 rings (SSSR count). The highest BCUT2D eigenvalue weighted by Gasteiger charge is 2.15. The van der Waals surface area contributed by atoms with E-state index in [9.17, 15) is 0 Å². The van der Waals surface area contributed by atoms with Crippen molar-refractivity contribution in [3.05, 3.63) is 113 Å². The topological polar surface area (TPSA) is 15.8 Å². The molecule has 0 radical (unpaired) electrons. The molecule has 25 heavy (non-hydrogen) atoms. The monoisotopic (exact) mass is 323 g/mol. The molecule has 1 nitrogen and oxygen atoms in total. The zero-order chi connectivity index (χ0) is 17.1. The summed E-state index contributed by atoms with van der Waals surface area (Å²) in [5.74, 6) is 0.220. The second-order valence-electron chi connectivity index (χ2n) is 6.45. The van der Waals surface area contributed by atoms with E-state index in [-0.39, 0.29) is 5.92 Å². The molecule has 0 bridgehead atoms. The first-order chi connectivity index (χ1) is 12.3. The molecule has 1 heteroatoms. The van der Waals surface area contributed by atoms with E-state index < -0.39 is 0 Å². The predicted molar refractivity (Wildman–Crippen MR) is 107 cm³/mol. The summed E-state index contributed by atoms with van der Waals surface area (Å²) in [5.41, 5.74) is 6.31. The van der Waals surface area contributed by atoms with Crippen molar-refractivity contribution in [2.75, 3.05) is 0 Å². The van der Waals surface area contributed by atoms with E-state index in [0.717, 1.165) is 0 Å². The Kier molecular flexibility index (Phi) is 4.22. The fraction of sp³-hybridized carbons (Fsp3) is 0.0833. The minimum atomic E-state index is 0.220. The summed E-state index contributed by atoms with van der Waals surface area (Å²) in [5, 5.41) is 1.29. The summed E-state index contributed by atoms with van der Waals surface area (Å²) in [7, 11) is 0. The summed E-state index contributed by atoms with van der Waals surface area (Å²) in [6.45, 7) is 2.13. The quantitative estimate of drug-likeness (QED) is 0.452. The number of aromatic amines is 1. The van der Waals surface area contributed by atoms with E-state index in [1.807, 2.05) is 6.07 Å². The lowest BCUT2D eigenvalue weighted by molar-refractivity contribution is 1.04. The number of hydrogen-bond acceptors (Lipinski definition) is 0. The Bertz CT molecular complexity index is 994. The number of rotatable bonds is 4. The molecule has 122 valence electrons. The molecular formula is C24H21N. The molecule has 0 saturated heterocycles. The van der Waals surface area contributed by atoms with Gasteiger partial charge in [-0.3, -0.25) is 0 Å². The Morgan fingerprint density at radius 3 is 2.32 bits per heavy atom. The van der Waals surface area contributed by atoms with Gasteiger partial charge in [0.05, 0.1) is 0 Å². The smallest absolute Gasteiger partial charge is 0.0459 e. The third kappa shape index (κ3) is 3.27. The third-order valence-corrected chi connectivity index (χ3v) is 4.64. The van der Waals surface area contributed by atoms with Crippen LogP contribution in [0.4, 0.5) is 0 Å². The summed E-state index contributed by atoms with van der Waals surface area (Å²) in [4.78, 5) is 3.44. The largest absolute Gasteiger partial charge is 0.361 e. The first kappa shape index (κ1) is 15.5. The lowest BCUT2D eigenvalue weighted by atomic mass is 9.90. The van der Waals surface area contributed by atoms with Gasteiger partial charge >= 0.3 is 0 Å². The van der Waals surface area contributed by atoms with Crippen molar-refractivity contribution in [3.63, 3.8) is 0 Å². The first-order valence-electron chi connectivity index (χ1n) is 8.67. The summed E-state index contributed by atoms with van der Waals surface area (Å²) in [6, 6.07) is 27.8. The van der Waals surface area contributed by atoms with E-state index in [1.54, 1.807) is 0 Å². The van der Waals surface area contributed by atoms with Gasteiger partial charge < -0.3 is 4.98 Å². The van der Waals surface area contributed by atoms with Gasteiger partial charge in [-0.05, 0) is 35.2 Å². The molecule has 1 atom stereocenters.